The van der Waals surface area contributed by atoms with Crippen molar-refractivity contribution >= 4 is 23.7 Å². The molecule has 42 heavy (non-hydrogen) atoms. The van der Waals surface area contributed by atoms with Crippen molar-refractivity contribution in [1.82, 2.24) is 5.32 Å². The highest BCUT2D eigenvalue weighted by molar-refractivity contribution is 6.32. The van der Waals surface area contributed by atoms with Crippen molar-refractivity contribution in [2.24, 2.45) is 22.7 Å². The molecule has 1 aromatic carbocycles. The van der Waals surface area contributed by atoms with Gasteiger partial charge in [-0.3, -0.25) is 4.79 Å². The number of hydrogen-bond acceptors (Lipinski definition) is 6. The van der Waals surface area contributed by atoms with Crippen LogP contribution < -0.4 is 14.8 Å². The molecule has 4 atom stereocenters. The number of hydrogen-bond donors (Lipinski definition) is 1. The minimum absolute atomic E-state index is 0.0519. The Hall–Kier alpha value is -2.41. The third-order valence-corrected chi connectivity index (χ3v) is 10.0. The monoisotopic (exact) mass is 605 g/mol. The SMILES string of the molecule is C=C1CCC[C@H]2[C@](C)(Cc3cc(OC)cc(OC)c3Cl)[C@H](COC(=O)CCCCCNC(=O)OC(C)(C)C)CC[C@]12C. The lowest BCUT2D eigenvalue weighted by molar-refractivity contribution is -0.150. The number of alkyl carbamates (subject to hydrolysis) is 1. The van der Waals surface area contributed by atoms with Crippen LogP contribution in [0, 0.1) is 22.7 Å². The molecule has 0 radical (unpaired) electrons. The van der Waals surface area contributed by atoms with Crippen molar-refractivity contribution < 1.29 is 28.5 Å². The fourth-order valence-electron chi connectivity index (χ4n) is 7.18. The molecule has 2 aliphatic carbocycles. The molecule has 2 aliphatic rings. The number of esters is 1. The third kappa shape index (κ3) is 8.36. The Bertz CT molecular complexity index is 1110. The van der Waals surface area contributed by atoms with Crippen LogP contribution in [0.5, 0.6) is 11.5 Å². The normalized spacial score (nSPS) is 25.8. The number of fused-ring (bicyclic) bond motifs is 1. The molecule has 0 spiro atoms. The van der Waals surface area contributed by atoms with E-state index in [0.29, 0.717) is 42.0 Å². The zero-order valence-electron chi connectivity index (χ0n) is 26.8. The van der Waals surface area contributed by atoms with Crippen LogP contribution >= 0.6 is 11.6 Å². The Morgan fingerprint density at radius 1 is 1.10 bits per heavy atom. The fourth-order valence-corrected chi connectivity index (χ4v) is 7.44. The standard InChI is InChI=1S/C34H52ClNO6/c1-23-13-12-14-28-33(23,5)17-16-25(34(28,6)21-24-19-26(39-7)20-27(40-8)30(24)35)22-41-29(37)15-10-9-11-18-36-31(38)42-32(2,3)4/h19-20,25,28H,1,9-18,21-22H2,2-8H3,(H,36,38)/t25-,28+,33+,34+/m0/s1. The van der Waals surface area contributed by atoms with Gasteiger partial charge >= 0.3 is 12.1 Å². The number of nitrogens with one attached hydrogen (secondary N) is 1. The van der Waals surface area contributed by atoms with Crippen LogP contribution in [-0.4, -0.2) is 45.0 Å². The van der Waals surface area contributed by atoms with Crippen LogP contribution in [-0.2, 0) is 20.7 Å². The molecular formula is C34H52ClNO6. The van der Waals surface area contributed by atoms with Gasteiger partial charge < -0.3 is 24.3 Å². The van der Waals surface area contributed by atoms with E-state index in [4.69, 9.17) is 30.5 Å². The third-order valence-electron chi connectivity index (χ3n) is 9.58. The molecule has 0 bridgehead atoms. The second-order valence-corrected chi connectivity index (χ2v) is 14.0. The molecule has 2 saturated carbocycles. The second-order valence-electron chi connectivity index (χ2n) is 13.6. The molecule has 236 valence electrons. The van der Waals surface area contributed by atoms with Gasteiger partial charge in [0.05, 0.1) is 25.8 Å². The largest absolute Gasteiger partial charge is 0.497 e. The van der Waals surface area contributed by atoms with Crippen molar-refractivity contribution in [2.45, 2.75) is 104 Å². The first-order valence-electron chi connectivity index (χ1n) is 15.4. The number of benzene rings is 1. The number of rotatable bonds is 12. The molecule has 2 fully saturated rings. The molecule has 0 heterocycles. The maximum absolute atomic E-state index is 12.8. The number of unbranched alkanes of at least 4 members (excludes halogenated alkanes) is 2. The number of carbonyl (C=O) groups is 2. The van der Waals surface area contributed by atoms with Crippen molar-refractivity contribution in [3.05, 3.63) is 34.9 Å². The molecule has 0 aliphatic heterocycles. The Kier molecular flexibility index (Phi) is 11.7. The summed E-state index contributed by atoms with van der Waals surface area (Å²) in [5, 5.41) is 3.37. The van der Waals surface area contributed by atoms with Gasteiger partial charge in [-0.25, -0.2) is 4.79 Å². The maximum Gasteiger partial charge on any atom is 0.407 e. The van der Waals surface area contributed by atoms with E-state index < -0.39 is 11.7 Å². The summed E-state index contributed by atoms with van der Waals surface area (Å²) < 4.78 is 22.3. The summed E-state index contributed by atoms with van der Waals surface area (Å²) in [5.74, 6) is 1.74. The average Bonchev–Trinajstić information content (AvgIpc) is 2.91. The Balaban J connectivity index is 1.64. The molecule has 7 nitrogen and oxygen atoms in total. The van der Waals surface area contributed by atoms with Gasteiger partial charge in [-0.2, -0.15) is 0 Å². The fraction of sp³-hybridized carbons (Fsp3) is 0.706. The maximum atomic E-state index is 12.8. The number of halogens is 1. The first-order valence-corrected chi connectivity index (χ1v) is 15.8. The minimum Gasteiger partial charge on any atom is -0.497 e. The summed E-state index contributed by atoms with van der Waals surface area (Å²) in [6, 6.07) is 3.83. The van der Waals surface area contributed by atoms with Crippen LogP contribution in [0.2, 0.25) is 5.02 Å². The van der Waals surface area contributed by atoms with Gasteiger partial charge in [0, 0.05) is 19.0 Å². The minimum atomic E-state index is -0.515. The molecule has 8 heteroatoms. The summed E-state index contributed by atoms with van der Waals surface area (Å²) in [7, 11) is 3.27. The van der Waals surface area contributed by atoms with Crippen molar-refractivity contribution in [2.75, 3.05) is 27.4 Å². The molecule has 0 unspecified atom stereocenters. The number of allylic oxidation sites excluding steroid dienone is 1. The van der Waals surface area contributed by atoms with E-state index in [2.05, 4.69) is 25.7 Å². The number of methoxy groups -OCH3 is 2. The van der Waals surface area contributed by atoms with Gasteiger partial charge in [-0.05, 0) is 106 Å². The van der Waals surface area contributed by atoms with Gasteiger partial charge in [-0.15, -0.1) is 0 Å². The number of ether oxygens (including phenoxy) is 4. The highest BCUT2D eigenvalue weighted by Gasteiger charge is 2.55. The predicted octanol–water partition coefficient (Wildman–Crippen LogP) is 8.31. The second kappa shape index (κ2) is 14.4. The summed E-state index contributed by atoms with van der Waals surface area (Å²) in [5.41, 5.74) is 1.71. The summed E-state index contributed by atoms with van der Waals surface area (Å²) >= 11 is 6.86. The van der Waals surface area contributed by atoms with Gasteiger partial charge in [-0.1, -0.05) is 44.0 Å². The van der Waals surface area contributed by atoms with Crippen molar-refractivity contribution in [3.63, 3.8) is 0 Å². The lowest BCUT2D eigenvalue weighted by Gasteiger charge is -2.59. The topological polar surface area (TPSA) is 83.1 Å². The van der Waals surface area contributed by atoms with E-state index in [1.54, 1.807) is 14.2 Å². The smallest absolute Gasteiger partial charge is 0.407 e. The Morgan fingerprint density at radius 3 is 2.50 bits per heavy atom. The van der Waals surface area contributed by atoms with Crippen LogP contribution in [0.3, 0.4) is 0 Å². The zero-order chi connectivity index (χ0) is 31.1. The van der Waals surface area contributed by atoms with Crippen LogP contribution in [0.15, 0.2) is 24.3 Å². The lowest BCUT2D eigenvalue weighted by Crippen LogP contribution is -2.53. The Morgan fingerprint density at radius 2 is 1.83 bits per heavy atom. The van der Waals surface area contributed by atoms with E-state index in [9.17, 15) is 9.59 Å². The molecule has 0 aromatic heterocycles. The first-order chi connectivity index (χ1) is 19.7. The van der Waals surface area contributed by atoms with E-state index in [1.807, 2.05) is 32.9 Å². The summed E-state index contributed by atoms with van der Waals surface area (Å²) in [6.07, 6.45) is 8.34. The van der Waals surface area contributed by atoms with Crippen LogP contribution in [0.25, 0.3) is 0 Å². The van der Waals surface area contributed by atoms with Crippen LogP contribution in [0.1, 0.15) is 98.0 Å². The quantitative estimate of drug-likeness (QED) is 0.147. The zero-order valence-corrected chi connectivity index (χ0v) is 27.6. The predicted molar refractivity (Wildman–Crippen MR) is 167 cm³/mol. The lowest BCUT2D eigenvalue weighted by atomic mass is 9.46. The van der Waals surface area contributed by atoms with Crippen LogP contribution in [0.4, 0.5) is 4.79 Å². The molecule has 1 N–H and O–H groups in total. The van der Waals surface area contributed by atoms with Crippen molar-refractivity contribution in [3.8, 4) is 11.5 Å². The highest BCUT2D eigenvalue weighted by atomic mass is 35.5. The molecule has 3 rings (SSSR count). The van der Waals surface area contributed by atoms with E-state index >= 15 is 0 Å². The van der Waals surface area contributed by atoms with Gasteiger partial charge in [0.25, 0.3) is 0 Å². The van der Waals surface area contributed by atoms with Crippen molar-refractivity contribution in [1.29, 1.82) is 0 Å². The molecule has 1 aromatic rings. The molecule has 1 amide bonds. The van der Waals surface area contributed by atoms with E-state index in [1.165, 1.54) is 5.57 Å². The van der Waals surface area contributed by atoms with E-state index in [-0.39, 0.29) is 22.7 Å². The molecular weight excluding hydrogens is 554 g/mol. The number of carbonyl (C=O) groups excluding carboxylic acids is 2. The Labute approximate surface area is 258 Å². The number of amides is 1. The first kappa shape index (κ1) is 34.1. The summed E-state index contributed by atoms with van der Waals surface area (Å²) in [6.45, 7) is 15.7. The average molecular weight is 606 g/mol. The van der Waals surface area contributed by atoms with E-state index in [0.717, 1.165) is 63.4 Å². The van der Waals surface area contributed by atoms with Gasteiger partial charge in [0.2, 0.25) is 0 Å². The van der Waals surface area contributed by atoms with Gasteiger partial charge in [0.1, 0.15) is 17.1 Å². The summed E-state index contributed by atoms with van der Waals surface area (Å²) in [4.78, 5) is 24.6. The molecule has 0 saturated heterocycles. The van der Waals surface area contributed by atoms with Gasteiger partial charge in [0.15, 0.2) is 0 Å². The highest BCUT2D eigenvalue weighted by Crippen LogP contribution is 2.62.